The molecule has 0 amide bonds. The molecule has 114 valence electrons. The average Bonchev–Trinajstić information content (AvgIpc) is 3.14. The van der Waals surface area contributed by atoms with E-state index in [4.69, 9.17) is 14.2 Å². The van der Waals surface area contributed by atoms with E-state index in [0.717, 1.165) is 24.5 Å². The van der Waals surface area contributed by atoms with Crippen molar-refractivity contribution in [2.24, 2.45) is 0 Å². The molecule has 6 heteroatoms. The fourth-order valence-corrected chi connectivity index (χ4v) is 2.95. The van der Waals surface area contributed by atoms with Gasteiger partial charge in [0.25, 0.3) is 0 Å². The highest BCUT2D eigenvalue weighted by Crippen LogP contribution is 2.42. The molecule has 21 heavy (non-hydrogen) atoms. The van der Waals surface area contributed by atoms with Gasteiger partial charge in [-0.1, -0.05) is 12.1 Å². The van der Waals surface area contributed by atoms with Crippen molar-refractivity contribution >= 4 is 28.3 Å². The van der Waals surface area contributed by atoms with Crippen molar-refractivity contribution in [3.63, 3.8) is 0 Å². The molecule has 0 saturated heterocycles. The lowest BCUT2D eigenvalue weighted by Gasteiger charge is -2.18. The SMILES string of the molecule is Br.CNCC[C@@H](Oc1cccc2c1OCO2)c1cccs1. The Morgan fingerprint density at radius 2 is 2.19 bits per heavy atom. The fourth-order valence-electron chi connectivity index (χ4n) is 2.16. The van der Waals surface area contributed by atoms with Crippen LogP contribution < -0.4 is 19.5 Å². The number of rotatable bonds is 6. The van der Waals surface area contributed by atoms with Gasteiger partial charge in [-0.25, -0.2) is 0 Å². The Hall–Kier alpha value is -1.24. The van der Waals surface area contributed by atoms with E-state index in [0.29, 0.717) is 5.75 Å². The molecule has 1 N–H and O–H groups in total. The number of thiophene rings is 1. The van der Waals surface area contributed by atoms with Gasteiger partial charge in [0.15, 0.2) is 11.5 Å². The minimum Gasteiger partial charge on any atom is -0.481 e. The van der Waals surface area contributed by atoms with Crippen LogP contribution in [0.25, 0.3) is 0 Å². The molecule has 0 fully saturated rings. The first kappa shape index (κ1) is 16.1. The Morgan fingerprint density at radius 3 is 2.95 bits per heavy atom. The van der Waals surface area contributed by atoms with Crippen LogP contribution in [0.15, 0.2) is 35.7 Å². The zero-order chi connectivity index (χ0) is 13.8. The van der Waals surface area contributed by atoms with Crippen LogP contribution in [-0.4, -0.2) is 20.4 Å². The topological polar surface area (TPSA) is 39.7 Å². The zero-order valence-electron chi connectivity index (χ0n) is 11.7. The van der Waals surface area contributed by atoms with Crippen LogP contribution in [0.4, 0.5) is 0 Å². The van der Waals surface area contributed by atoms with Gasteiger partial charge in [0.2, 0.25) is 12.5 Å². The van der Waals surface area contributed by atoms with E-state index in [2.05, 4.69) is 16.8 Å². The standard InChI is InChI=1S/C15H17NO3S.BrH/c1-16-8-7-11(14-6-3-9-20-14)19-13-5-2-4-12-15(13)18-10-17-12;/h2-6,9,11,16H,7-8,10H2,1H3;1H/t11-;/m1./s1. The number of para-hydroxylation sites is 1. The Kier molecular flexibility index (Phi) is 5.90. The monoisotopic (exact) mass is 371 g/mol. The fraction of sp³-hybridized carbons (Fsp3) is 0.333. The van der Waals surface area contributed by atoms with Crippen molar-refractivity contribution in [1.29, 1.82) is 0 Å². The van der Waals surface area contributed by atoms with E-state index in [1.54, 1.807) is 11.3 Å². The summed E-state index contributed by atoms with van der Waals surface area (Å²) in [6, 6.07) is 9.89. The van der Waals surface area contributed by atoms with Crippen LogP contribution >= 0.6 is 28.3 Å². The lowest BCUT2D eigenvalue weighted by Crippen LogP contribution is -2.15. The quantitative estimate of drug-likeness (QED) is 0.838. The van der Waals surface area contributed by atoms with Gasteiger partial charge in [-0.15, -0.1) is 28.3 Å². The summed E-state index contributed by atoms with van der Waals surface area (Å²) < 4.78 is 17.0. The summed E-state index contributed by atoms with van der Waals surface area (Å²) in [6.07, 6.45) is 0.930. The minimum absolute atomic E-state index is 0. The van der Waals surface area contributed by atoms with Crippen LogP contribution in [0.5, 0.6) is 17.2 Å². The molecule has 0 radical (unpaired) electrons. The number of benzene rings is 1. The Labute approximate surface area is 138 Å². The van der Waals surface area contributed by atoms with Gasteiger partial charge in [-0.3, -0.25) is 0 Å². The van der Waals surface area contributed by atoms with E-state index in [9.17, 15) is 0 Å². The van der Waals surface area contributed by atoms with E-state index in [1.807, 2.05) is 31.3 Å². The lowest BCUT2D eigenvalue weighted by atomic mass is 10.2. The van der Waals surface area contributed by atoms with E-state index in [1.165, 1.54) is 4.88 Å². The Morgan fingerprint density at radius 1 is 1.29 bits per heavy atom. The maximum absolute atomic E-state index is 6.17. The molecule has 1 aliphatic rings. The average molecular weight is 372 g/mol. The third-order valence-corrected chi connectivity index (χ3v) is 4.11. The van der Waals surface area contributed by atoms with Gasteiger partial charge in [0, 0.05) is 11.3 Å². The highest BCUT2D eigenvalue weighted by molar-refractivity contribution is 8.93. The summed E-state index contributed by atoms with van der Waals surface area (Å²) in [5.41, 5.74) is 0. The van der Waals surface area contributed by atoms with Crippen molar-refractivity contribution < 1.29 is 14.2 Å². The first-order valence-electron chi connectivity index (χ1n) is 6.62. The Bertz CT molecular complexity index is 562. The lowest BCUT2D eigenvalue weighted by molar-refractivity contribution is 0.159. The van der Waals surface area contributed by atoms with Gasteiger partial charge >= 0.3 is 0 Å². The molecule has 1 aromatic heterocycles. The molecule has 0 unspecified atom stereocenters. The summed E-state index contributed by atoms with van der Waals surface area (Å²) in [5.74, 6) is 2.20. The van der Waals surface area contributed by atoms with Crippen LogP contribution in [0.2, 0.25) is 0 Å². The van der Waals surface area contributed by atoms with Gasteiger partial charge in [0.1, 0.15) is 6.10 Å². The smallest absolute Gasteiger partial charge is 0.231 e. The summed E-state index contributed by atoms with van der Waals surface area (Å²) in [7, 11) is 1.95. The highest BCUT2D eigenvalue weighted by atomic mass is 79.9. The van der Waals surface area contributed by atoms with Crippen LogP contribution in [-0.2, 0) is 0 Å². The molecule has 3 rings (SSSR count). The predicted octanol–water partition coefficient (Wildman–Crippen LogP) is 3.78. The number of hydrogen-bond donors (Lipinski definition) is 1. The summed E-state index contributed by atoms with van der Waals surface area (Å²) in [4.78, 5) is 1.22. The van der Waals surface area contributed by atoms with Gasteiger partial charge in [0.05, 0.1) is 0 Å². The molecule has 2 aromatic rings. The molecule has 1 atom stereocenters. The molecular weight excluding hydrogens is 354 g/mol. The highest BCUT2D eigenvalue weighted by Gasteiger charge is 2.22. The number of nitrogens with one attached hydrogen (secondary N) is 1. The number of fused-ring (bicyclic) bond motifs is 1. The molecule has 1 aromatic carbocycles. The molecular formula is C15H18BrNO3S. The summed E-state index contributed by atoms with van der Waals surface area (Å²) in [5, 5.41) is 5.24. The van der Waals surface area contributed by atoms with Crippen molar-refractivity contribution in [1.82, 2.24) is 5.32 Å². The number of halogens is 1. The van der Waals surface area contributed by atoms with Crippen molar-refractivity contribution in [3.8, 4) is 17.2 Å². The molecule has 0 aliphatic carbocycles. The second kappa shape index (κ2) is 7.68. The Balaban J connectivity index is 0.00000161. The molecule has 0 spiro atoms. The molecule has 4 nitrogen and oxygen atoms in total. The first-order chi connectivity index (χ1) is 9.88. The largest absolute Gasteiger partial charge is 0.481 e. The molecule has 2 heterocycles. The van der Waals surface area contributed by atoms with Crippen molar-refractivity contribution in [2.45, 2.75) is 12.5 Å². The predicted molar refractivity (Wildman–Crippen MR) is 89.1 cm³/mol. The van der Waals surface area contributed by atoms with E-state index < -0.39 is 0 Å². The van der Waals surface area contributed by atoms with Crippen LogP contribution in [0, 0.1) is 0 Å². The van der Waals surface area contributed by atoms with Crippen molar-refractivity contribution in [3.05, 3.63) is 40.6 Å². The summed E-state index contributed by atoms with van der Waals surface area (Å²) >= 11 is 1.71. The third kappa shape index (κ3) is 3.70. The van der Waals surface area contributed by atoms with Gasteiger partial charge in [-0.05, 0) is 37.2 Å². The molecule has 0 bridgehead atoms. The van der Waals surface area contributed by atoms with Gasteiger partial charge < -0.3 is 19.5 Å². The maximum atomic E-state index is 6.17. The first-order valence-corrected chi connectivity index (χ1v) is 7.49. The molecule has 0 saturated carbocycles. The normalized spacial score (nSPS) is 13.6. The summed E-state index contributed by atoms with van der Waals surface area (Å²) in [6.45, 7) is 1.16. The number of ether oxygens (including phenoxy) is 3. The minimum atomic E-state index is 0. The second-order valence-electron chi connectivity index (χ2n) is 4.50. The van der Waals surface area contributed by atoms with Crippen LogP contribution in [0.3, 0.4) is 0 Å². The van der Waals surface area contributed by atoms with Crippen molar-refractivity contribution in [2.75, 3.05) is 20.4 Å². The third-order valence-electron chi connectivity index (χ3n) is 3.15. The van der Waals surface area contributed by atoms with E-state index in [-0.39, 0.29) is 29.9 Å². The number of hydrogen-bond acceptors (Lipinski definition) is 5. The zero-order valence-corrected chi connectivity index (χ0v) is 14.2. The van der Waals surface area contributed by atoms with E-state index >= 15 is 0 Å². The van der Waals surface area contributed by atoms with Gasteiger partial charge in [-0.2, -0.15) is 0 Å². The maximum Gasteiger partial charge on any atom is 0.231 e. The molecule has 1 aliphatic heterocycles. The van der Waals surface area contributed by atoms with Crippen LogP contribution in [0.1, 0.15) is 17.4 Å². The second-order valence-corrected chi connectivity index (χ2v) is 5.48.